The molecule has 0 saturated carbocycles. The zero-order valence-corrected chi connectivity index (χ0v) is 15.8. The van der Waals surface area contributed by atoms with Crippen molar-refractivity contribution in [1.82, 2.24) is 0 Å². The molecule has 0 nitrogen and oxygen atoms in total. The Bertz CT molecular complexity index is 223. The van der Waals surface area contributed by atoms with Crippen LogP contribution in [0.3, 0.4) is 0 Å². The van der Waals surface area contributed by atoms with Crippen LogP contribution in [0.15, 0.2) is 0 Å². The molecule has 0 bridgehead atoms. The Morgan fingerprint density at radius 1 is 0.684 bits per heavy atom. The van der Waals surface area contributed by atoms with Crippen molar-refractivity contribution in [3.8, 4) is 0 Å². The van der Waals surface area contributed by atoms with E-state index in [9.17, 15) is 0 Å². The van der Waals surface area contributed by atoms with Crippen LogP contribution in [0.2, 0.25) is 0 Å². The Kier molecular flexibility index (Phi) is 12.4. The average molecular weight is 391 g/mol. The molecular formula is C13H22Cl6. The summed E-state index contributed by atoms with van der Waals surface area (Å²) in [5, 5.41) is -0.564. The second kappa shape index (κ2) is 11.3. The summed E-state index contributed by atoms with van der Waals surface area (Å²) in [6, 6.07) is 0. The van der Waals surface area contributed by atoms with E-state index in [2.05, 4.69) is 6.92 Å². The van der Waals surface area contributed by atoms with Gasteiger partial charge < -0.3 is 0 Å². The van der Waals surface area contributed by atoms with Gasteiger partial charge >= 0.3 is 0 Å². The van der Waals surface area contributed by atoms with Gasteiger partial charge in [-0.1, -0.05) is 6.92 Å². The van der Waals surface area contributed by atoms with Crippen molar-refractivity contribution in [2.45, 2.75) is 78.2 Å². The van der Waals surface area contributed by atoms with Gasteiger partial charge in [0.25, 0.3) is 0 Å². The van der Waals surface area contributed by atoms with E-state index in [0.717, 1.165) is 19.3 Å². The van der Waals surface area contributed by atoms with Gasteiger partial charge in [0, 0.05) is 10.8 Å². The first-order valence-corrected chi connectivity index (χ1v) is 9.24. The lowest BCUT2D eigenvalue weighted by molar-refractivity contribution is 0.576. The molecule has 0 N–H and O–H groups in total. The molecule has 0 aliphatic rings. The molecule has 0 aromatic carbocycles. The lowest BCUT2D eigenvalue weighted by Gasteiger charge is -2.23. The van der Waals surface area contributed by atoms with Crippen molar-refractivity contribution in [3.63, 3.8) is 0 Å². The summed E-state index contributed by atoms with van der Waals surface area (Å²) in [6.07, 6.45) is 3.83. The van der Waals surface area contributed by atoms with Crippen LogP contribution in [0, 0.1) is 0 Å². The fourth-order valence-electron chi connectivity index (χ4n) is 1.69. The van der Waals surface area contributed by atoms with Crippen molar-refractivity contribution in [3.05, 3.63) is 0 Å². The van der Waals surface area contributed by atoms with Crippen LogP contribution in [0.25, 0.3) is 0 Å². The molecule has 0 rings (SSSR count). The molecular weight excluding hydrogens is 369 g/mol. The predicted octanol–water partition coefficient (Wildman–Crippen LogP) is 6.62. The zero-order chi connectivity index (χ0) is 15.0. The normalized spacial score (nSPS) is 21.5. The third kappa shape index (κ3) is 10.1. The van der Waals surface area contributed by atoms with Crippen LogP contribution in [0.5, 0.6) is 0 Å². The summed E-state index contributed by atoms with van der Waals surface area (Å²) in [4.78, 5) is 0. The number of halogens is 6. The Hall–Kier alpha value is 1.74. The molecule has 0 aliphatic carbocycles. The summed E-state index contributed by atoms with van der Waals surface area (Å²) in [6.45, 7) is 3.95. The Balaban J connectivity index is 4.02. The highest BCUT2D eigenvalue weighted by atomic mass is 35.5. The summed E-state index contributed by atoms with van der Waals surface area (Å²) >= 11 is 36.9. The molecule has 19 heavy (non-hydrogen) atoms. The highest BCUT2D eigenvalue weighted by molar-refractivity contribution is 6.32. The van der Waals surface area contributed by atoms with Gasteiger partial charge in [-0.3, -0.25) is 0 Å². The number of alkyl halides is 6. The van der Waals surface area contributed by atoms with Gasteiger partial charge in [0.05, 0.1) is 21.5 Å². The van der Waals surface area contributed by atoms with Crippen molar-refractivity contribution < 1.29 is 0 Å². The molecule has 0 aromatic heterocycles. The van der Waals surface area contributed by atoms with E-state index in [1.54, 1.807) is 0 Å². The Labute approximate surface area is 147 Å². The number of hydrogen-bond acceptors (Lipinski definition) is 0. The van der Waals surface area contributed by atoms with Crippen molar-refractivity contribution in [2.75, 3.05) is 0 Å². The largest absolute Gasteiger partial charge is 0.123 e. The second-order valence-electron chi connectivity index (χ2n) is 4.90. The Morgan fingerprint density at radius 2 is 1.16 bits per heavy atom. The summed E-state index contributed by atoms with van der Waals surface area (Å²) in [5.41, 5.74) is 0. The van der Waals surface area contributed by atoms with Crippen molar-refractivity contribution >= 4 is 69.6 Å². The maximum atomic E-state index is 6.28. The lowest BCUT2D eigenvalue weighted by Crippen LogP contribution is -2.26. The molecule has 0 aromatic rings. The van der Waals surface area contributed by atoms with Gasteiger partial charge in [0.15, 0.2) is 0 Å². The molecule has 6 heteroatoms. The summed E-state index contributed by atoms with van der Waals surface area (Å²) in [7, 11) is 0. The van der Waals surface area contributed by atoms with Gasteiger partial charge in [-0.15, -0.1) is 69.6 Å². The van der Waals surface area contributed by atoms with Gasteiger partial charge in [0.2, 0.25) is 0 Å². The minimum atomic E-state index is -0.218. The molecule has 6 atom stereocenters. The second-order valence-corrected chi connectivity index (χ2v) is 8.50. The molecule has 116 valence electrons. The highest BCUT2D eigenvalue weighted by Crippen LogP contribution is 2.28. The maximum Gasteiger partial charge on any atom is 0.0514 e. The Morgan fingerprint density at radius 3 is 1.63 bits per heavy atom. The fourth-order valence-corrected chi connectivity index (χ4v) is 3.41. The van der Waals surface area contributed by atoms with E-state index in [-0.39, 0.29) is 32.3 Å². The van der Waals surface area contributed by atoms with Crippen LogP contribution in [0.4, 0.5) is 0 Å². The number of hydrogen-bond donors (Lipinski definition) is 0. The van der Waals surface area contributed by atoms with Gasteiger partial charge in [-0.25, -0.2) is 0 Å². The minimum absolute atomic E-state index is 0.00545. The van der Waals surface area contributed by atoms with Gasteiger partial charge in [-0.2, -0.15) is 0 Å². The SMILES string of the molecule is CCC(Cl)CCC(Cl)C(Cl)CC(Cl)C(Cl)CC(C)Cl. The summed E-state index contributed by atoms with van der Waals surface area (Å²) < 4.78 is 0. The molecule has 0 radical (unpaired) electrons. The van der Waals surface area contributed by atoms with Crippen LogP contribution < -0.4 is 0 Å². The van der Waals surface area contributed by atoms with E-state index in [1.807, 2.05) is 6.92 Å². The first-order chi connectivity index (χ1) is 8.77. The smallest absolute Gasteiger partial charge is 0.0514 e. The molecule has 0 fully saturated rings. The predicted molar refractivity (Wildman–Crippen MR) is 92.3 cm³/mol. The zero-order valence-electron chi connectivity index (χ0n) is 11.3. The van der Waals surface area contributed by atoms with Crippen molar-refractivity contribution in [1.29, 1.82) is 0 Å². The topological polar surface area (TPSA) is 0 Å². The van der Waals surface area contributed by atoms with Crippen molar-refractivity contribution in [2.24, 2.45) is 0 Å². The monoisotopic (exact) mass is 388 g/mol. The van der Waals surface area contributed by atoms with Crippen LogP contribution in [0.1, 0.15) is 46.0 Å². The van der Waals surface area contributed by atoms with E-state index in [0.29, 0.717) is 12.8 Å². The van der Waals surface area contributed by atoms with E-state index < -0.39 is 0 Å². The molecule has 0 aliphatic heterocycles. The molecule has 6 unspecified atom stereocenters. The standard InChI is InChI=1S/C13H22Cl6/c1-3-9(15)4-5-10(16)12(18)7-13(19)11(17)6-8(2)14/h8-13H,3-7H2,1-2H3. The average Bonchev–Trinajstić information content (AvgIpc) is 2.34. The van der Waals surface area contributed by atoms with Gasteiger partial charge in [0.1, 0.15) is 0 Å². The third-order valence-electron chi connectivity index (χ3n) is 2.98. The van der Waals surface area contributed by atoms with E-state index in [1.165, 1.54) is 0 Å². The van der Waals surface area contributed by atoms with Crippen LogP contribution in [-0.4, -0.2) is 32.3 Å². The first-order valence-electron chi connectivity index (χ1n) is 6.62. The maximum absolute atomic E-state index is 6.28. The molecule has 0 saturated heterocycles. The molecule has 0 amide bonds. The van der Waals surface area contributed by atoms with E-state index in [4.69, 9.17) is 69.6 Å². The quantitative estimate of drug-likeness (QED) is 0.367. The number of rotatable bonds is 10. The molecule has 0 heterocycles. The van der Waals surface area contributed by atoms with E-state index >= 15 is 0 Å². The van der Waals surface area contributed by atoms with Crippen LogP contribution in [-0.2, 0) is 0 Å². The van der Waals surface area contributed by atoms with Crippen LogP contribution >= 0.6 is 69.6 Å². The minimum Gasteiger partial charge on any atom is -0.123 e. The third-order valence-corrected chi connectivity index (χ3v) is 5.92. The highest BCUT2D eigenvalue weighted by Gasteiger charge is 2.25. The lowest BCUT2D eigenvalue weighted by atomic mass is 10.0. The van der Waals surface area contributed by atoms with Gasteiger partial charge in [-0.05, 0) is 39.0 Å². The first kappa shape index (κ1) is 20.7. The summed E-state index contributed by atoms with van der Waals surface area (Å²) in [5.74, 6) is 0. The fraction of sp³-hybridized carbons (Fsp3) is 1.00. The molecule has 0 spiro atoms.